The summed E-state index contributed by atoms with van der Waals surface area (Å²) in [5.41, 5.74) is 2.24. The maximum absolute atomic E-state index is 8.83. The summed E-state index contributed by atoms with van der Waals surface area (Å²) in [5.74, 6) is 1.74. The second kappa shape index (κ2) is 7.94. The van der Waals surface area contributed by atoms with Gasteiger partial charge in [-0.1, -0.05) is 0 Å². The average Bonchev–Trinajstić information content (AvgIpc) is 2.64. The van der Waals surface area contributed by atoms with Crippen molar-refractivity contribution >= 4 is 23.1 Å². The van der Waals surface area contributed by atoms with Crippen molar-refractivity contribution < 1.29 is 4.74 Å². The van der Waals surface area contributed by atoms with Gasteiger partial charge in [-0.15, -0.1) is 5.10 Å². The van der Waals surface area contributed by atoms with Crippen LogP contribution in [0.2, 0.25) is 0 Å². The lowest BCUT2D eigenvalue weighted by Gasteiger charge is -2.11. The molecule has 1 heterocycles. The number of rotatable bonds is 6. The second-order valence-electron chi connectivity index (χ2n) is 5.80. The first-order valence-corrected chi connectivity index (χ1v) is 8.13. The molecule has 2 aromatic carbocycles. The number of hydrogen-bond acceptors (Lipinski definition) is 7. The monoisotopic (exact) mass is 346 g/mol. The highest BCUT2D eigenvalue weighted by Crippen LogP contribution is 2.20. The molecular weight excluding hydrogens is 328 g/mol. The molecule has 0 aliphatic heterocycles. The van der Waals surface area contributed by atoms with Crippen molar-refractivity contribution in [2.75, 3.05) is 10.6 Å². The van der Waals surface area contributed by atoms with E-state index in [0.717, 1.165) is 17.1 Å². The first-order valence-electron chi connectivity index (χ1n) is 8.13. The van der Waals surface area contributed by atoms with Crippen molar-refractivity contribution in [2.45, 2.75) is 20.0 Å². The van der Waals surface area contributed by atoms with Crippen LogP contribution in [0.5, 0.6) is 5.75 Å². The van der Waals surface area contributed by atoms with E-state index in [0.29, 0.717) is 17.3 Å². The molecule has 0 saturated heterocycles. The Balaban J connectivity index is 1.67. The van der Waals surface area contributed by atoms with Crippen LogP contribution in [0.15, 0.2) is 54.7 Å². The van der Waals surface area contributed by atoms with Crippen molar-refractivity contribution in [3.63, 3.8) is 0 Å². The number of benzene rings is 2. The van der Waals surface area contributed by atoms with E-state index >= 15 is 0 Å². The molecule has 0 fully saturated rings. The zero-order valence-electron chi connectivity index (χ0n) is 14.5. The standard InChI is InChI=1S/C19H18N6O/c1-13(2)26-17-9-7-15(8-10-17)22-18-12-21-25-19(24-18)23-16-5-3-14(11-20)4-6-16/h3-10,12-13H,1-2H3,(H2,22,23,24,25). The molecule has 0 radical (unpaired) electrons. The van der Waals surface area contributed by atoms with Gasteiger partial charge in [0, 0.05) is 11.4 Å². The third kappa shape index (κ3) is 4.68. The minimum Gasteiger partial charge on any atom is -0.491 e. The van der Waals surface area contributed by atoms with E-state index in [1.165, 1.54) is 0 Å². The Hall–Kier alpha value is -3.66. The Morgan fingerprint density at radius 1 is 0.962 bits per heavy atom. The molecule has 0 bridgehead atoms. The summed E-state index contributed by atoms with van der Waals surface area (Å²) < 4.78 is 5.63. The van der Waals surface area contributed by atoms with Gasteiger partial charge >= 0.3 is 0 Å². The molecule has 3 aromatic rings. The highest BCUT2D eigenvalue weighted by atomic mass is 16.5. The van der Waals surface area contributed by atoms with Gasteiger partial charge in [-0.2, -0.15) is 15.3 Å². The van der Waals surface area contributed by atoms with Crippen molar-refractivity contribution in [2.24, 2.45) is 0 Å². The Labute approximate surface area is 151 Å². The fourth-order valence-corrected chi connectivity index (χ4v) is 2.21. The Kier molecular flexibility index (Phi) is 5.25. The van der Waals surface area contributed by atoms with Gasteiger partial charge in [-0.3, -0.25) is 0 Å². The predicted octanol–water partition coefficient (Wildman–Crippen LogP) is 4.02. The van der Waals surface area contributed by atoms with Crippen LogP contribution in [0.25, 0.3) is 0 Å². The summed E-state index contributed by atoms with van der Waals surface area (Å²) in [6.07, 6.45) is 1.68. The summed E-state index contributed by atoms with van der Waals surface area (Å²) in [4.78, 5) is 4.38. The molecule has 2 N–H and O–H groups in total. The number of hydrogen-bond donors (Lipinski definition) is 2. The minimum absolute atomic E-state index is 0.135. The van der Waals surface area contributed by atoms with E-state index in [1.807, 2.05) is 38.1 Å². The number of nitrogens with zero attached hydrogens (tertiary/aromatic N) is 4. The molecule has 7 heteroatoms. The number of ether oxygens (including phenoxy) is 1. The molecule has 0 spiro atoms. The number of anilines is 4. The minimum atomic E-state index is 0.135. The highest BCUT2D eigenvalue weighted by Gasteiger charge is 2.03. The number of aromatic nitrogens is 3. The molecule has 0 aliphatic carbocycles. The zero-order chi connectivity index (χ0) is 18.4. The molecule has 0 aliphatic rings. The molecule has 3 rings (SSSR count). The van der Waals surface area contributed by atoms with Gasteiger partial charge in [0.05, 0.1) is 23.9 Å². The fraction of sp³-hybridized carbons (Fsp3) is 0.158. The molecular formula is C19H18N6O. The normalized spacial score (nSPS) is 10.2. The van der Waals surface area contributed by atoms with Crippen LogP contribution in [0.1, 0.15) is 19.4 Å². The topological polar surface area (TPSA) is 95.8 Å². The van der Waals surface area contributed by atoms with Crippen LogP contribution >= 0.6 is 0 Å². The van der Waals surface area contributed by atoms with Gasteiger partial charge < -0.3 is 15.4 Å². The Morgan fingerprint density at radius 3 is 2.27 bits per heavy atom. The third-order valence-electron chi connectivity index (χ3n) is 3.33. The Bertz CT molecular complexity index is 901. The molecule has 0 saturated carbocycles. The van der Waals surface area contributed by atoms with Gasteiger partial charge in [0.15, 0.2) is 5.82 Å². The van der Waals surface area contributed by atoms with Crippen LogP contribution in [0, 0.1) is 11.3 Å². The fourth-order valence-electron chi connectivity index (χ4n) is 2.21. The molecule has 7 nitrogen and oxygen atoms in total. The van der Waals surface area contributed by atoms with Crippen molar-refractivity contribution in [1.82, 2.24) is 15.2 Å². The van der Waals surface area contributed by atoms with Gasteiger partial charge in [0.1, 0.15) is 5.75 Å². The highest BCUT2D eigenvalue weighted by molar-refractivity contribution is 5.59. The van der Waals surface area contributed by atoms with Gasteiger partial charge in [-0.05, 0) is 62.4 Å². The maximum Gasteiger partial charge on any atom is 0.249 e. The quantitative estimate of drug-likeness (QED) is 0.696. The maximum atomic E-state index is 8.83. The van der Waals surface area contributed by atoms with Crippen molar-refractivity contribution in [1.29, 1.82) is 5.26 Å². The van der Waals surface area contributed by atoms with Gasteiger partial charge in [0.2, 0.25) is 5.95 Å². The molecule has 1 aromatic heterocycles. The summed E-state index contributed by atoms with van der Waals surface area (Å²) in [6, 6.07) is 16.7. The lowest BCUT2D eigenvalue weighted by molar-refractivity contribution is 0.242. The van der Waals surface area contributed by atoms with Gasteiger partial charge in [0.25, 0.3) is 0 Å². The van der Waals surface area contributed by atoms with Crippen LogP contribution in [0.4, 0.5) is 23.1 Å². The summed E-state index contributed by atoms with van der Waals surface area (Å²) in [7, 11) is 0. The molecule has 0 amide bonds. The van der Waals surface area contributed by atoms with Crippen LogP contribution in [-0.2, 0) is 0 Å². The van der Waals surface area contributed by atoms with E-state index in [9.17, 15) is 0 Å². The third-order valence-corrected chi connectivity index (χ3v) is 3.33. The van der Waals surface area contributed by atoms with Crippen LogP contribution < -0.4 is 15.4 Å². The van der Waals surface area contributed by atoms with Crippen LogP contribution in [0.3, 0.4) is 0 Å². The second-order valence-corrected chi connectivity index (χ2v) is 5.80. The zero-order valence-corrected chi connectivity index (χ0v) is 14.5. The van der Waals surface area contributed by atoms with E-state index in [1.54, 1.807) is 30.5 Å². The summed E-state index contributed by atoms with van der Waals surface area (Å²) >= 11 is 0. The van der Waals surface area contributed by atoms with E-state index < -0.39 is 0 Å². The first kappa shape index (κ1) is 17.2. The largest absolute Gasteiger partial charge is 0.491 e. The lowest BCUT2D eigenvalue weighted by Crippen LogP contribution is -2.05. The molecule has 0 atom stereocenters. The average molecular weight is 346 g/mol. The van der Waals surface area contributed by atoms with E-state index in [2.05, 4.69) is 31.9 Å². The van der Waals surface area contributed by atoms with E-state index in [4.69, 9.17) is 10.00 Å². The number of nitriles is 1. The SMILES string of the molecule is CC(C)Oc1ccc(Nc2cnnc(Nc3ccc(C#N)cc3)n2)cc1. The summed E-state index contributed by atoms with van der Waals surface area (Å²) in [6.45, 7) is 3.97. The lowest BCUT2D eigenvalue weighted by atomic mass is 10.2. The molecule has 130 valence electrons. The number of nitrogens with one attached hydrogen (secondary N) is 2. The first-order chi connectivity index (χ1) is 12.6. The molecule has 26 heavy (non-hydrogen) atoms. The Morgan fingerprint density at radius 2 is 1.62 bits per heavy atom. The van der Waals surface area contributed by atoms with Crippen molar-refractivity contribution in [3.05, 3.63) is 60.3 Å². The summed E-state index contributed by atoms with van der Waals surface area (Å²) in [5, 5.41) is 23.0. The van der Waals surface area contributed by atoms with E-state index in [-0.39, 0.29) is 6.10 Å². The smallest absolute Gasteiger partial charge is 0.249 e. The molecule has 0 unspecified atom stereocenters. The predicted molar refractivity (Wildman–Crippen MR) is 99.8 cm³/mol. The van der Waals surface area contributed by atoms with Crippen molar-refractivity contribution in [3.8, 4) is 11.8 Å². The van der Waals surface area contributed by atoms with Crippen LogP contribution in [-0.4, -0.2) is 21.3 Å². The van der Waals surface area contributed by atoms with Gasteiger partial charge in [-0.25, -0.2) is 0 Å².